The van der Waals surface area contributed by atoms with E-state index < -0.39 is 5.91 Å². The van der Waals surface area contributed by atoms with Crippen molar-refractivity contribution in [3.05, 3.63) is 57.8 Å². The fraction of sp³-hybridized carbons (Fsp3) is 0.200. The third-order valence-corrected chi connectivity index (χ3v) is 3.81. The van der Waals surface area contributed by atoms with Crippen LogP contribution in [0.25, 0.3) is 0 Å². The molecule has 0 saturated carbocycles. The summed E-state index contributed by atoms with van der Waals surface area (Å²) in [6.45, 7) is 1.38. The van der Waals surface area contributed by atoms with Crippen LogP contribution in [0.15, 0.2) is 46.8 Å². The van der Waals surface area contributed by atoms with E-state index in [-0.39, 0.29) is 24.0 Å². The van der Waals surface area contributed by atoms with Gasteiger partial charge in [0.25, 0.3) is 0 Å². The standard InChI is InChI=1S/C15H18N4OS.HI/c1-17-15(19-10-13-3-2-8-21-13)18-9-11-4-6-12(7-5-11)14(16)20;/h2-8H,9-10H2,1H3,(H2,16,20)(H2,17,18,19);1H. The zero-order valence-corrected chi connectivity index (χ0v) is 15.4. The molecule has 1 heterocycles. The van der Waals surface area contributed by atoms with Crippen molar-refractivity contribution in [2.24, 2.45) is 10.7 Å². The van der Waals surface area contributed by atoms with E-state index >= 15 is 0 Å². The second-order valence-electron chi connectivity index (χ2n) is 4.42. The minimum Gasteiger partial charge on any atom is -0.366 e. The molecule has 0 fully saturated rings. The van der Waals surface area contributed by atoms with Crippen LogP contribution < -0.4 is 16.4 Å². The number of primary amides is 1. The second kappa shape index (κ2) is 9.42. The van der Waals surface area contributed by atoms with Crippen molar-refractivity contribution in [2.75, 3.05) is 7.05 Å². The first kappa shape index (κ1) is 18.4. The SMILES string of the molecule is CN=C(NCc1ccc(C(N)=O)cc1)NCc1cccs1.I. The van der Waals surface area contributed by atoms with Crippen LogP contribution in [0.1, 0.15) is 20.8 Å². The number of carbonyl (C=O) groups excluding carboxylic acids is 1. The largest absolute Gasteiger partial charge is 0.366 e. The Morgan fingerprint density at radius 1 is 1.18 bits per heavy atom. The van der Waals surface area contributed by atoms with Crippen molar-refractivity contribution in [1.82, 2.24) is 10.6 Å². The maximum Gasteiger partial charge on any atom is 0.248 e. The van der Waals surface area contributed by atoms with Gasteiger partial charge < -0.3 is 16.4 Å². The summed E-state index contributed by atoms with van der Waals surface area (Å²) in [4.78, 5) is 16.4. The summed E-state index contributed by atoms with van der Waals surface area (Å²) in [5, 5.41) is 8.52. The smallest absolute Gasteiger partial charge is 0.248 e. The fourth-order valence-electron chi connectivity index (χ4n) is 1.78. The van der Waals surface area contributed by atoms with E-state index in [4.69, 9.17) is 5.73 Å². The molecule has 118 valence electrons. The molecule has 4 N–H and O–H groups in total. The maximum absolute atomic E-state index is 11.0. The van der Waals surface area contributed by atoms with Crippen molar-refractivity contribution < 1.29 is 4.79 Å². The van der Waals surface area contributed by atoms with Gasteiger partial charge in [-0.3, -0.25) is 9.79 Å². The molecule has 0 aliphatic carbocycles. The molecule has 0 radical (unpaired) electrons. The summed E-state index contributed by atoms with van der Waals surface area (Å²) in [5.41, 5.74) is 6.78. The van der Waals surface area contributed by atoms with Gasteiger partial charge in [0.1, 0.15) is 0 Å². The lowest BCUT2D eigenvalue weighted by molar-refractivity contribution is 0.100. The molecule has 1 aromatic carbocycles. The monoisotopic (exact) mass is 430 g/mol. The van der Waals surface area contributed by atoms with E-state index in [1.807, 2.05) is 23.6 Å². The Hall–Kier alpha value is -1.61. The summed E-state index contributed by atoms with van der Waals surface area (Å²) in [5.74, 6) is 0.324. The number of thiophene rings is 1. The zero-order chi connectivity index (χ0) is 15.1. The molecule has 22 heavy (non-hydrogen) atoms. The van der Waals surface area contributed by atoms with Gasteiger partial charge in [0, 0.05) is 24.0 Å². The number of carbonyl (C=O) groups is 1. The van der Waals surface area contributed by atoms with E-state index in [0.717, 1.165) is 18.1 Å². The number of halogens is 1. The molecule has 0 unspecified atom stereocenters. The minimum atomic E-state index is -0.414. The summed E-state index contributed by atoms with van der Waals surface area (Å²) in [6.07, 6.45) is 0. The second-order valence-corrected chi connectivity index (χ2v) is 5.45. The van der Waals surface area contributed by atoms with Crippen LogP contribution in [0, 0.1) is 0 Å². The highest BCUT2D eigenvalue weighted by Crippen LogP contribution is 2.07. The molecule has 1 aromatic heterocycles. The summed E-state index contributed by atoms with van der Waals surface area (Å²) in [6, 6.07) is 11.3. The molecule has 0 atom stereocenters. The first-order valence-corrected chi connectivity index (χ1v) is 7.42. The van der Waals surface area contributed by atoms with Crippen molar-refractivity contribution in [2.45, 2.75) is 13.1 Å². The van der Waals surface area contributed by atoms with Crippen molar-refractivity contribution in [1.29, 1.82) is 0 Å². The van der Waals surface area contributed by atoms with Gasteiger partial charge in [-0.25, -0.2) is 0 Å². The number of guanidine groups is 1. The lowest BCUT2D eigenvalue weighted by Gasteiger charge is -2.11. The van der Waals surface area contributed by atoms with Crippen LogP contribution in [-0.2, 0) is 13.1 Å². The van der Waals surface area contributed by atoms with E-state index in [0.29, 0.717) is 12.1 Å². The molecule has 2 rings (SSSR count). The summed E-state index contributed by atoms with van der Waals surface area (Å²) < 4.78 is 0. The van der Waals surface area contributed by atoms with E-state index in [1.54, 1.807) is 30.5 Å². The van der Waals surface area contributed by atoms with Crippen LogP contribution >= 0.6 is 35.3 Å². The van der Waals surface area contributed by atoms with Gasteiger partial charge in [0.2, 0.25) is 5.91 Å². The predicted octanol–water partition coefficient (Wildman–Crippen LogP) is 2.33. The van der Waals surface area contributed by atoms with E-state index in [1.165, 1.54) is 4.88 Å². The fourth-order valence-corrected chi connectivity index (χ4v) is 2.42. The van der Waals surface area contributed by atoms with Gasteiger partial charge in [-0.1, -0.05) is 18.2 Å². The Bertz CT molecular complexity index is 611. The number of nitrogens with one attached hydrogen (secondary N) is 2. The average molecular weight is 430 g/mol. The summed E-state index contributed by atoms with van der Waals surface area (Å²) in [7, 11) is 1.74. The lowest BCUT2D eigenvalue weighted by Crippen LogP contribution is -2.36. The Morgan fingerprint density at radius 2 is 1.86 bits per heavy atom. The van der Waals surface area contributed by atoms with Gasteiger partial charge in [0.05, 0.1) is 6.54 Å². The average Bonchev–Trinajstić information content (AvgIpc) is 3.01. The molecule has 0 saturated heterocycles. The molecular formula is C15H19IN4OS. The molecule has 2 aromatic rings. The molecule has 0 bridgehead atoms. The number of rotatable bonds is 5. The number of hydrogen-bond acceptors (Lipinski definition) is 3. The predicted molar refractivity (Wildman–Crippen MR) is 102 cm³/mol. The maximum atomic E-state index is 11.0. The van der Waals surface area contributed by atoms with Crippen molar-refractivity contribution >= 4 is 47.2 Å². The molecule has 0 aliphatic heterocycles. The number of nitrogens with zero attached hydrogens (tertiary/aromatic N) is 1. The number of aliphatic imine (C=N–C) groups is 1. The van der Waals surface area contributed by atoms with Crippen molar-refractivity contribution in [3.63, 3.8) is 0 Å². The van der Waals surface area contributed by atoms with Crippen LogP contribution in [0.4, 0.5) is 0 Å². The van der Waals surface area contributed by atoms with Gasteiger partial charge in [0.15, 0.2) is 5.96 Å². The highest BCUT2D eigenvalue weighted by molar-refractivity contribution is 14.0. The number of hydrogen-bond donors (Lipinski definition) is 3. The topological polar surface area (TPSA) is 79.5 Å². The van der Waals surface area contributed by atoms with Crippen LogP contribution in [0.2, 0.25) is 0 Å². The number of benzene rings is 1. The Kier molecular flexibility index (Phi) is 7.89. The van der Waals surface area contributed by atoms with Crippen LogP contribution in [0.3, 0.4) is 0 Å². The zero-order valence-electron chi connectivity index (χ0n) is 12.2. The quantitative estimate of drug-likeness (QED) is 0.387. The van der Waals surface area contributed by atoms with E-state index in [9.17, 15) is 4.79 Å². The van der Waals surface area contributed by atoms with Crippen LogP contribution in [-0.4, -0.2) is 18.9 Å². The molecule has 0 aliphatic rings. The number of nitrogens with two attached hydrogens (primary N) is 1. The Morgan fingerprint density at radius 3 is 2.41 bits per heavy atom. The highest BCUT2D eigenvalue weighted by atomic mass is 127. The lowest BCUT2D eigenvalue weighted by atomic mass is 10.1. The normalized spacial score (nSPS) is 10.7. The highest BCUT2D eigenvalue weighted by Gasteiger charge is 2.02. The summed E-state index contributed by atoms with van der Waals surface area (Å²) >= 11 is 1.71. The molecular weight excluding hydrogens is 411 g/mol. The molecule has 5 nitrogen and oxygen atoms in total. The Labute approximate surface area is 151 Å². The minimum absolute atomic E-state index is 0. The number of amides is 1. The Balaban J connectivity index is 0.00000242. The third-order valence-electron chi connectivity index (χ3n) is 2.93. The van der Waals surface area contributed by atoms with Gasteiger partial charge in [-0.15, -0.1) is 35.3 Å². The van der Waals surface area contributed by atoms with Crippen LogP contribution in [0.5, 0.6) is 0 Å². The first-order valence-electron chi connectivity index (χ1n) is 6.54. The first-order chi connectivity index (χ1) is 10.2. The van der Waals surface area contributed by atoms with Gasteiger partial charge >= 0.3 is 0 Å². The molecule has 7 heteroatoms. The third kappa shape index (κ3) is 5.64. The van der Waals surface area contributed by atoms with Gasteiger partial charge in [-0.2, -0.15) is 0 Å². The molecule has 1 amide bonds. The van der Waals surface area contributed by atoms with Crippen molar-refractivity contribution in [3.8, 4) is 0 Å². The van der Waals surface area contributed by atoms with Gasteiger partial charge in [-0.05, 0) is 29.1 Å². The molecule has 0 spiro atoms. The van der Waals surface area contributed by atoms with E-state index in [2.05, 4.69) is 21.7 Å².